The van der Waals surface area contributed by atoms with Crippen LogP contribution >= 0.6 is 0 Å². The summed E-state index contributed by atoms with van der Waals surface area (Å²) in [6, 6.07) is 8.74. The predicted molar refractivity (Wildman–Crippen MR) is 79.4 cm³/mol. The van der Waals surface area contributed by atoms with E-state index in [0.717, 1.165) is 45.3 Å². The molecule has 1 aliphatic heterocycles. The van der Waals surface area contributed by atoms with Gasteiger partial charge in [0.25, 0.3) is 0 Å². The molecule has 0 fully saturated rings. The van der Waals surface area contributed by atoms with Crippen LogP contribution in [-0.2, 0) is 17.6 Å². The molecule has 0 saturated heterocycles. The van der Waals surface area contributed by atoms with Gasteiger partial charge in [-0.3, -0.25) is 0 Å². The Labute approximate surface area is 116 Å². The fourth-order valence-corrected chi connectivity index (χ4v) is 3.00. The summed E-state index contributed by atoms with van der Waals surface area (Å²) in [6.45, 7) is 7.33. The number of rotatable bonds is 5. The van der Waals surface area contributed by atoms with E-state index in [9.17, 15) is 4.79 Å². The zero-order valence-corrected chi connectivity index (χ0v) is 12.2. The van der Waals surface area contributed by atoms with Gasteiger partial charge in [0.1, 0.15) is 6.29 Å². The number of carbonyl (C=O) groups is 1. The minimum Gasteiger partial charge on any atom is -0.303 e. The van der Waals surface area contributed by atoms with Crippen molar-refractivity contribution in [3.8, 4) is 0 Å². The Bertz CT molecular complexity index is 396. The average Bonchev–Trinajstić information content (AvgIpc) is 2.68. The SMILES string of the molecule is CCC(C=O)(CC)CN1CCc2ccccc2CC1. The Morgan fingerprint density at radius 1 is 1.11 bits per heavy atom. The van der Waals surface area contributed by atoms with Crippen LogP contribution in [-0.4, -0.2) is 30.8 Å². The fraction of sp³-hybridized carbons (Fsp3) is 0.588. The molecule has 0 amide bonds. The van der Waals surface area contributed by atoms with Gasteiger partial charge in [-0.1, -0.05) is 38.1 Å². The van der Waals surface area contributed by atoms with Crippen molar-refractivity contribution in [3.63, 3.8) is 0 Å². The highest BCUT2D eigenvalue weighted by Crippen LogP contribution is 2.26. The second-order valence-corrected chi connectivity index (χ2v) is 5.73. The van der Waals surface area contributed by atoms with Crippen LogP contribution < -0.4 is 0 Å². The zero-order valence-electron chi connectivity index (χ0n) is 12.2. The van der Waals surface area contributed by atoms with Crippen molar-refractivity contribution in [2.45, 2.75) is 39.5 Å². The van der Waals surface area contributed by atoms with Gasteiger partial charge in [-0.2, -0.15) is 0 Å². The van der Waals surface area contributed by atoms with Crippen molar-refractivity contribution >= 4 is 6.29 Å². The maximum absolute atomic E-state index is 11.4. The van der Waals surface area contributed by atoms with Crippen molar-refractivity contribution < 1.29 is 4.79 Å². The first-order valence-electron chi connectivity index (χ1n) is 7.48. The summed E-state index contributed by atoms with van der Waals surface area (Å²) in [5.74, 6) is 0. The number of carbonyl (C=O) groups excluding carboxylic acids is 1. The molecule has 19 heavy (non-hydrogen) atoms. The number of hydrogen-bond donors (Lipinski definition) is 0. The third-order valence-electron chi connectivity index (χ3n) is 4.71. The van der Waals surface area contributed by atoms with Gasteiger partial charge in [0, 0.05) is 25.0 Å². The highest BCUT2D eigenvalue weighted by Gasteiger charge is 2.28. The molecule has 1 heterocycles. The molecule has 0 spiro atoms. The Morgan fingerprint density at radius 3 is 2.05 bits per heavy atom. The zero-order chi connectivity index (χ0) is 13.7. The summed E-state index contributed by atoms with van der Waals surface area (Å²) in [5.41, 5.74) is 2.82. The van der Waals surface area contributed by atoms with Gasteiger partial charge in [-0.15, -0.1) is 0 Å². The minimum atomic E-state index is -0.142. The first kappa shape index (κ1) is 14.3. The van der Waals surface area contributed by atoms with Gasteiger partial charge >= 0.3 is 0 Å². The lowest BCUT2D eigenvalue weighted by atomic mass is 9.83. The van der Waals surface area contributed by atoms with Gasteiger partial charge in [-0.05, 0) is 36.8 Å². The highest BCUT2D eigenvalue weighted by atomic mass is 16.1. The van der Waals surface area contributed by atoms with Gasteiger partial charge in [0.05, 0.1) is 0 Å². The van der Waals surface area contributed by atoms with E-state index in [0.29, 0.717) is 0 Å². The van der Waals surface area contributed by atoms with Gasteiger partial charge < -0.3 is 9.69 Å². The van der Waals surface area contributed by atoms with Crippen LogP contribution in [0.4, 0.5) is 0 Å². The lowest BCUT2D eigenvalue weighted by Crippen LogP contribution is -2.39. The molecule has 0 aromatic heterocycles. The van der Waals surface area contributed by atoms with E-state index >= 15 is 0 Å². The second-order valence-electron chi connectivity index (χ2n) is 5.73. The second kappa shape index (κ2) is 6.33. The molecule has 0 saturated carbocycles. The van der Waals surface area contributed by atoms with E-state index in [-0.39, 0.29) is 5.41 Å². The number of aldehydes is 1. The average molecular weight is 259 g/mol. The predicted octanol–water partition coefficient (Wildman–Crippen LogP) is 3.09. The van der Waals surface area contributed by atoms with E-state index in [4.69, 9.17) is 0 Å². The largest absolute Gasteiger partial charge is 0.303 e. The van der Waals surface area contributed by atoms with Crippen molar-refractivity contribution in [2.75, 3.05) is 19.6 Å². The summed E-state index contributed by atoms with van der Waals surface area (Å²) in [5, 5.41) is 0. The molecule has 0 bridgehead atoms. The van der Waals surface area contributed by atoms with E-state index in [1.807, 2.05) is 0 Å². The van der Waals surface area contributed by atoms with Crippen LogP contribution in [0, 0.1) is 5.41 Å². The first-order chi connectivity index (χ1) is 9.23. The molecule has 2 heteroatoms. The summed E-state index contributed by atoms with van der Waals surface area (Å²) in [6.07, 6.45) is 5.29. The van der Waals surface area contributed by atoms with E-state index in [1.54, 1.807) is 0 Å². The third kappa shape index (κ3) is 3.24. The smallest absolute Gasteiger partial charge is 0.127 e. The number of benzene rings is 1. The van der Waals surface area contributed by atoms with Crippen LogP contribution in [0.5, 0.6) is 0 Å². The lowest BCUT2D eigenvalue weighted by molar-refractivity contribution is -0.117. The monoisotopic (exact) mass is 259 g/mol. The van der Waals surface area contributed by atoms with Crippen molar-refractivity contribution in [1.82, 2.24) is 4.90 Å². The molecule has 0 unspecified atom stereocenters. The van der Waals surface area contributed by atoms with Crippen LogP contribution in [0.2, 0.25) is 0 Å². The van der Waals surface area contributed by atoms with Gasteiger partial charge in [-0.25, -0.2) is 0 Å². The van der Waals surface area contributed by atoms with Crippen LogP contribution in [0.25, 0.3) is 0 Å². The molecule has 0 aliphatic carbocycles. The van der Waals surface area contributed by atoms with E-state index in [1.165, 1.54) is 17.4 Å². The number of fused-ring (bicyclic) bond motifs is 1. The normalized spacial score (nSPS) is 16.7. The molecule has 104 valence electrons. The number of nitrogens with zero attached hydrogens (tertiary/aromatic N) is 1. The van der Waals surface area contributed by atoms with Crippen LogP contribution in [0.1, 0.15) is 37.8 Å². The summed E-state index contributed by atoms with van der Waals surface area (Å²) in [4.78, 5) is 13.9. The molecule has 2 rings (SSSR count). The molecular formula is C17H25NO. The van der Waals surface area contributed by atoms with Crippen molar-refractivity contribution in [2.24, 2.45) is 5.41 Å². The first-order valence-corrected chi connectivity index (χ1v) is 7.48. The van der Waals surface area contributed by atoms with E-state index < -0.39 is 0 Å². The third-order valence-corrected chi connectivity index (χ3v) is 4.71. The number of hydrogen-bond acceptors (Lipinski definition) is 2. The van der Waals surface area contributed by atoms with Crippen LogP contribution in [0.3, 0.4) is 0 Å². The molecular weight excluding hydrogens is 234 g/mol. The maximum atomic E-state index is 11.4. The molecule has 2 nitrogen and oxygen atoms in total. The minimum absolute atomic E-state index is 0.142. The van der Waals surface area contributed by atoms with E-state index in [2.05, 4.69) is 43.0 Å². The molecule has 1 aromatic rings. The summed E-state index contributed by atoms with van der Waals surface area (Å²) in [7, 11) is 0. The quantitative estimate of drug-likeness (QED) is 0.757. The van der Waals surface area contributed by atoms with Crippen LogP contribution in [0.15, 0.2) is 24.3 Å². The van der Waals surface area contributed by atoms with Crippen molar-refractivity contribution in [1.29, 1.82) is 0 Å². The Hall–Kier alpha value is -1.15. The maximum Gasteiger partial charge on any atom is 0.127 e. The highest BCUT2D eigenvalue weighted by molar-refractivity contribution is 5.59. The van der Waals surface area contributed by atoms with Gasteiger partial charge in [0.15, 0.2) is 0 Å². The lowest BCUT2D eigenvalue weighted by Gasteiger charge is -2.32. The Kier molecular flexibility index (Phi) is 4.76. The Morgan fingerprint density at radius 2 is 1.63 bits per heavy atom. The Balaban J connectivity index is 2.04. The molecule has 0 radical (unpaired) electrons. The van der Waals surface area contributed by atoms with Gasteiger partial charge in [0.2, 0.25) is 0 Å². The summed E-state index contributed by atoms with van der Waals surface area (Å²) >= 11 is 0. The van der Waals surface area contributed by atoms with Crippen molar-refractivity contribution in [3.05, 3.63) is 35.4 Å². The summed E-state index contributed by atoms with van der Waals surface area (Å²) < 4.78 is 0. The molecule has 0 N–H and O–H groups in total. The molecule has 1 aromatic carbocycles. The standard InChI is InChI=1S/C17H25NO/c1-3-17(4-2,14-19)13-18-11-9-15-7-5-6-8-16(15)10-12-18/h5-8,14H,3-4,9-13H2,1-2H3. The molecule has 0 atom stereocenters. The fourth-order valence-electron chi connectivity index (χ4n) is 3.00. The molecule has 1 aliphatic rings. The topological polar surface area (TPSA) is 20.3 Å².